The molecule has 1 heterocycles. The van der Waals surface area contributed by atoms with Crippen molar-refractivity contribution in [1.82, 2.24) is 14.9 Å². The van der Waals surface area contributed by atoms with Crippen LogP contribution in [0.3, 0.4) is 0 Å². The molecule has 0 saturated heterocycles. The fourth-order valence-corrected chi connectivity index (χ4v) is 3.64. The summed E-state index contributed by atoms with van der Waals surface area (Å²) in [5.41, 5.74) is 3.87. The lowest BCUT2D eigenvalue weighted by atomic mass is 10.1. The van der Waals surface area contributed by atoms with Gasteiger partial charge in [0.15, 0.2) is 5.16 Å². The summed E-state index contributed by atoms with van der Waals surface area (Å²) in [5, 5.41) is 3.62. The van der Waals surface area contributed by atoms with Crippen molar-refractivity contribution in [3.05, 3.63) is 59.7 Å². The molecular weight excluding hydrogens is 334 g/mol. The van der Waals surface area contributed by atoms with E-state index in [1.165, 1.54) is 0 Å². The van der Waals surface area contributed by atoms with Gasteiger partial charge >= 0.3 is 0 Å². The number of carbonyl (C=O) groups is 1. The Hall–Kier alpha value is -2.31. The molecule has 3 rings (SSSR count). The number of para-hydroxylation sites is 2. The number of thioether (sulfide) groups is 1. The average molecular weight is 355 g/mol. The minimum atomic E-state index is -0.0702. The van der Waals surface area contributed by atoms with Crippen molar-refractivity contribution in [2.24, 2.45) is 0 Å². The number of hydrogen-bond acceptors (Lipinski definition) is 4. The minimum Gasteiger partial charge on any atom is -0.383 e. The number of benzene rings is 2. The summed E-state index contributed by atoms with van der Waals surface area (Å²) >= 11 is 1.67. The lowest BCUT2D eigenvalue weighted by Gasteiger charge is -2.09. The Kier molecular flexibility index (Phi) is 5.73. The Morgan fingerprint density at radius 3 is 2.88 bits per heavy atom. The van der Waals surface area contributed by atoms with Gasteiger partial charge in [0.2, 0.25) is 0 Å². The second-order valence-corrected chi connectivity index (χ2v) is 6.54. The van der Waals surface area contributed by atoms with Crippen LogP contribution >= 0.6 is 11.8 Å². The highest BCUT2D eigenvalue weighted by atomic mass is 32.2. The van der Waals surface area contributed by atoms with Gasteiger partial charge in [-0.05, 0) is 29.8 Å². The predicted molar refractivity (Wildman–Crippen MR) is 101 cm³/mol. The first-order chi connectivity index (χ1) is 12.2. The molecule has 0 aliphatic heterocycles. The Labute approximate surface area is 151 Å². The Bertz CT molecular complexity index is 876. The first-order valence-corrected chi connectivity index (χ1v) is 9.09. The standard InChI is InChI=1S/C19H21N3O2S/c1-20-18(23)15-7-5-6-14(12-15)13-25-19-21-16-8-3-4-9-17(16)22(19)10-11-24-2/h3-9,12H,10-11,13H2,1-2H3,(H,20,23). The zero-order valence-corrected chi connectivity index (χ0v) is 15.2. The number of aromatic nitrogens is 2. The van der Waals surface area contributed by atoms with Crippen LogP contribution in [0, 0.1) is 0 Å². The van der Waals surface area contributed by atoms with Gasteiger partial charge in [-0.3, -0.25) is 4.79 Å². The normalized spacial score (nSPS) is 11.0. The van der Waals surface area contributed by atoms with E-state index in [-0.39, 0.29) is 5.91 Å². The number of methoxy groups -OCH3 is 1. The Balaban J connectivity index is 1.82. The first kappa shape index (κ1) is 17.5. The predicted octanol–water partition coefficient (Wildman–Crippen LogP) is 3.33. The molecule has 2 aromatic carbocycles. The fourth-order valence-electron chi connectivity index (χ4n) is 2.66. The number of rotatable bonds is 7. The van der Waals surface area contributed by atoms with Crippen LogP contribution in [0.5, 0.6) is 0 Å². The van der Waals surface area contributed by atoms with Gasteiger partial charge < -0.3 is 14.6 Å². The number of nitrogens with zero attached hydrogens (tertiary/aromatic N) is 2. The Morgan fingerprint density at radius 1 is 1.24 bits per heavy atom. The maximum Gasteiger partial charge on any atom is 0.251 e. The summed E-state index contributed by atoms with van der Waals surface area (Å²) in [4.78, 5) is 16.5. The van der Waals surface area contributed by atoms with Crippen LogP contribution in [0.15, 0.2) is 53.7 Å². The molecular formula is C19H21N3O2S. The van der Waals surface area contributed by atoms with Gasteiger partial charge in [0.05, 0.1) is 17.6 Å². The molecule has 1 amide bonds. The summed E-state index contributed by atoms with van der Waals surface area (Å²) in [6.45, 7) is 1.40. The summed E-state index contributed by atoms with van der Waals surface area (Å²) in [5.74, 6) is 0.681. The summed E-state index contributed by atoms with van der Waals surface area (Å²) in [7, 11) is 3.35. The van der Waals surface area contributed by atoms with E-state index in [4.69, 9.17) is 9.72 Å². The quantitative estimate of drug-likeness (QED) is 0.661. The maximum absolute atomic E-state index is 11.8. The summed E-state index contributed by atoms with van der Waals surface area (Å²) in [6.07, 6.45) is 0. The summed E-state index contributed by atoms with van der Waals surface area (Å²) < 4.78 is 7.42. The van der Waals surface area contributed by atoms with Crippen LogP contribution in [0.25, 0.3) is 11.0 Å². The van der Waals surface area contributed by atoms with Crippen molar-refractivity contribution in [3.63, 3.8) is 0 Å². The molecule has 1 N–H and O–H groups in total. The molecule has 0 radical (unpaired) electrons. The molecule has 5 nitrogen and oxygen atoms in total. The molecule has 0 fully saturated rings. The first-order valence-electron chi connectivity index (χ1n) is 8.11. The van der Waals surface area contributed by atoms with Crippen molar-refractivity contribution in [3.8, 4) is 0 Å². The molecule has 6 heteroatoms. The van der Waals surface area contributed by atoms with Crippen LogP contribution in [0.2, 0.25) is 0 Å². The number of amides is 1. The molecule has 0 unspecified atom stereocenters. The third-order valence-electron chi connectivity index (χ3n) is 3.92. The molecule has 0 atom stereocenters. The number of imidazole rings is 1. The maximum atomic E-state index is 11.8. The van der Waals surface area contributed by atoms with Gasteiger partial charge in [-0.25, -0.2) is 4.98 Å². The van der Waals surface area contributed by atoms with E-state index < -0.39 is 0 Å². The third-order valence-corrected chi connectivity index (χ3v) is 4.97. The van der Waals surface area contributed by atoms with Gasteiger partial charge in [0.25, 0.3) is 5.91 Å². The van der Waals surface area contributed by atoms with Crippen molar-refractivity contribution < 1.29 is 9.53 Å². The topological polar surface area (TPSA) is 56.2 Å². The van der Waals surface area contributed by atoms with Crippen molar-refractivity contribution in [1.29, 1.82) is 0 Å². The lowest BCUT2D eigenvalue weighted by Crippen LogP contribution is -2.17. The number of carbonyl (C=O) groups excluding carboxylic acids is 1. The van der Waals surface area contributed by atoms with Gasteiger partial charge in [0, 0.05) is 32.0 Å². The third kappa shape index (κ3) is 4.03. The van der Waals surface area contributed by atoms with Gasteiger partial charge in [-0.15, -0.1) is 0 Å². The highest BCUT2D eigenvalue weighted by molar-refractivity contribution is 7.98. The minimum absolute atomic E-state index is 0.0702. The lowest BCUT2D eigenvalue weighted by molar-refractivity contribution is 0.0963. The van der Waals surface area contributed by atoms with Gasteiger partial charge in [-0.2, -0.15) is 0 Å². The summed E-state index contributed by atoms with van der Waals surface area (Å²) in [6, 6.07) is 15.8. The van der Waals surface area contributed by atoms with E-state index >= 15 is 0 Å². The average Bonchev–Trinajstić information content (AvgIpc) is 3.01. The molecule has 0 aliphatic carbocycles. The van der Waals surface area contributed by atoms with Crippen LogP contribution in [0.4, 0.5) is 0 Å². The van der Waals surface area contributed by atoms with E-state index in [1.807, 2.05) is 42.5 Å². The van der Waals surface area contributed by atoms with E-state index in [2.05, 4.69) is 16.0 Å². The molecule has 130 valence electrons. The van der Waals surface area contributed by atoms with Crippen LogP contribution in [0.1, 0.15) is 15.9 Å². The number of hydrogen-bond donors (Lipinski definition) is 1. The smallest absolute Gasteiger partial charge is 0.251 e. The molecule has 0 bridgehead atoms. The zero-order valence-electron chi connectivity index (χ0n) is 14.4. The van der Waals surface area contributed by atoms with Crippen LogP contribution in [-0.2, 0) is 17.0 Å². The molecule has 0 aliphatic rings. The van der Waals surface area contributed by atoms with Crippen molar-refractivity contribution >= 4 is 28.7 Å². The van der Waals surface area contributed by atoms with E-state index in [9.17, 15) is 4.79 Å². The van der Waals surface area contributed by atoms with Gasteiger partial charge in [-0.1, -0.05) is 36.0 Å². The van der Waals surface area contributed by atoms with E-state index in [1.54, 1.807) is 25.9 Å². The molecule has 0 spiro atoms. The zero-order chi connectivity index (χ0) is 17.6. The van der Waals surface area contributed by atoms with Gasteiger partial charge in [0.1, 0.15) is 0 Å². The second-order valence-electron chi connectivity index (χ2n) is 5.60. The highest BCUT2D eigenvalue weighted by Gasteiger charge is 2.11. The molecule has 1 aromatic heterocycles. The van der Waals surface area contributed by atoms with E-state index in [0.29, 0.717) is 12.2 Å². The Morgan fingerprint density at radius 2 is 2.08 bits per heavy atom. The van der Waals surface area contributed by atoms with Crippen molar-refractivity contribution in [2.75, 3.05) is 20.8 Å². The number of fused-ring (bicyclic) bond motifs is 1. The second kappa shape index (κ2) is 8.18. The number of nitrogens with one attached hydrogen (secondary N) is 1. The SMILES string of the molecule is CNC(=O)c1cccc(CSc2nc3ccccc3n2CCOC)c1. The van der Waals surface area contributed by atoms with Crippen molar-refractivity contribution in [2.45, 2.75) is 17.5 Å². The van der Waals surface area contributed by atoms with Crippen LogP contribution < -0.4 is 5.32 Å². The molecule has 0 saturated carbocycles. The number of ether oxygens (including phenoxy) is 1. The highest BCUT2D eigenvalue weighted by Crippen LogP contribution is 2.27. The monoisotopic (exact) mass is 355 g/mol. The molecule has 25 heavy (non-hydrogen) atoms. The largest absolute Gasteiger partial charge is 0.383 e. The fraction of sp³-hybridized carbons (Fsp3) is 0.263. The van der Waals surface area contributed by atoms with E-state index in [0.717, 1.165) is 34.1 Å². The molecule has 3 aromatic rings. The van der Waals surface area contributed by atoms with Crippen LogP contribution in [-0.4, -0.2) is 36.2 Å².